The van der Waals surface area contributed by atoms with Crippen molar-refractivity contribution < 1.29 is 19.7 Å². The molecule has 1 aromatic carbocycles. The summed E-state index contributed by atoms with van der Waals surface area (Å²) in [5.74, 6) is -0.744. The van der Waals surface area contributed by atoms with E-state index in [4.69, 9.17) is 5.11 Å². The molecule has 70 valence electrons. The average molecular weight is 182 g/mol. The summed E-state index contributed by atoms with van der Waals surface area (Å²) in [6.07, 6.45) is -1.34. The zero-order chi connectivity index (χ0) is 9.84. The molecule has 0 spiro atoms. The van der Waals surface area contributed by atoms with Crippen molar-refractivity contribution >= 4 is 5.97 Å². The molecule has 0 aliphatic carbocycles. The Labute approximate surface area is 75.4 Å². The Morgan fingerprint density at radius 3 is 2.77 bits per heavy atom. The van der Waals surface area contributed by atoms with Crippen molar-refractivity contribution in [1.82, 2.24) is 0 Å². The molecule has 1 atom stereocenters. The van der Waals surface area contributed by atoms with Crippen LogP contribution in [0.4, 0.5) is 0 Å². The molecule has 0 radical (unpaired) electrons. The van der Waals surface area contributed by atoms with Crippen LogP contribution in [0.3, 0.4) is 0 Å². The van der Waals surface area contributed by atoms with E-state index in [0.717, 1.165) is 0 Å². The van der Waals surface area contributed by atoms with Crippen molar-refractivity contribution in [2.45, 2.75) is 6.10 Å². The second-order valence-corrected chi connectivity index (χ2v) is 2.52. The minimum Gasteiger partial charge on any atom is -0.508 e. The molecular weight excluding hydrogens is 172 g/mol. The van der Waals surface area contributed by atoms with Crippen molar-refractivity contribution in [2.75, 3.05) is 7.11 Å². The number of rotatable bonds is 2. The molecule has 0 fully saturated rings. The van der Waals surface area contributed by atoms with Crippen molar-refractivity contribution in [3.8, 4) is 5.75 Å². The van der Waals surface area contributed by atoms with Crippen LogP contribution >= 0.6 is 0 Å². The van der Waals surface area contributed by atoms with E-state index in [0.29, 0.717) is 5.56 Å². The van der Waals surface area contributed by atoms with Gasteiger partial charge in [0.05, 0.1) is 7.11 Å². The molecule has 2 N–H and O–H groups in total. The van der Waals surface area contributed by atoms with E-state index in [2.05, 4.69) is 4.74 Å². The van der Waals surface area contributed by atoms with Gasteiger partial charge in [-0.25, -0.2) is 4.79 Å². The van der Waals surface area contributed by atoms with Crippen LogP contribution in [-0.4, -0.2) is 23.3 Å². The molecule has 0 heterocycles. The minimum atomic E-state index is -1.34. The number of phenols is 1. The maximum atomic E-state index is 10.9. The van der Waals surface area contributed by atoms with Crippen LogP contribution in [0, 0.1) is 0 Å². The van der Waals surface area contributed by atoms with E-state index in [9.17, 15) is 9.90 Å². The summed E-state index contributed by atoms with van der Waals surface area (Å²) < 4.78 is 4.34. The Hall–Kier alpha value is -1.55. The van der Waals surface area contributed by atoms with Crippen molar-refractivity contribution in [2.24, 2.45) is 0 Å². The van der Waals surface area contributed by atoms with Crippen LogP contribution in [0.15, 0.2) is 24.3 Å². The van der Waals surface area contributed by atoms with Gasteiger partial charge in [-0.15, -0.1) is 0 Å². The molecule has 0 saturated carbocycles. The molecule has 0 amide bonds. The molecule has 0 aliphatic rings. The first-order valence-corrected chi connectivity index (χ1v) is 3.70. The normalized spacial score (nSPS) is 12.2. The molecule has 4 heteroatoms. The van der Waals surface area contributed by atoms with Gasteiger partial charge in [0.1, 0.15) is 5.75 Å². The van der Waals surface area contributed by atoms with Gasteiger partial charge in [0.25, 0.3) is 0 Å². The number of esters is 1. The highest BCUT2D eigenvalue weighted by Crippen LogP contribution is 2.18. The zero-order valence-electron chi connectivity index (χ0n) is 7.10. The lowest BCUT2D eigenvalue weighted by molar-refractivity contribution is -0.150. The third kappa shape index (κ3) is 2.19. The van der Waals surface area contributed by atoms with Gasteiger partial charge in [0, 0.05) is 0 Å². The molecule has 1 rings (SSSR count). The number of hydrogen-bond acceptors (Lipinski definition) is 4. The predicted octanol–water partition coefficient (Wildman–Crippen LogP) is 0.599. The quantitative estimate of drug-likeness (QED) is 0.657. The molecule has 4 nitrogen and oxygen atoms in total. The number of carbonyl (C=O) groups is 1. The number of phenolic OH excluding ortho intramolecular Hbond substituents is 1. The van der Waals surface area contributed by atoms with Gasteiger partial charge in [-0.3, -0.25) is 0 Å². The van der Waals surface area contributed by atoms with E-state index < -0.39 is 12.1 Å². The maximum absolute atomic E-state index is 10.9. The Morgan fingerprint density at radius 1 is 1.54 bits per heavy atom. The Bertz CT molecular complexity index is 308. The standard InChI is InChI=1S/C9H10O4/c1-13-9(12)8(11)6-3-2-4-7(10)5-6/h2-5,8,10-11H,1H3. The van der Waals surface area contributed by atoms with Crippen molar-refractivity contribution in [3.63, 3.8) is 0 Å². The monoisotopic (exact) mass is 182 g/mol. The predicted molar refractivity (Wildman–Crippen MR) is 45.1 cm³/mol. The van der Waals surface area contributed by atoms with E-state index in [1.807, 2.05) is 0 Å². The summed E-state index contributed by atoms with van der Waals surface area (Å²) >= 11 is 0. The van der Waals surface area contributed by atoms with Crippen LogP contribution in [0.5, 0.6) is 5.75 Å². The summed E-state index contributed by atoms with van der Waals surface area (Å²) in [5.41, 5.74) is 0.312. The van der Waals surface area contributed by atoms with E-state index in [-0.39, 0.29) is 5.75 Å². The number of methoxy groups -OCH3 is 1. The Balaban J connectivity index is 2.88. The summed E-state index contributed by atoms with van der Waals surface area (Å²) in [4.78, 5) is 10.9. The van der Waals surface area contributed by atoms with Crippen LogP contribution in [-0.2, 0) is 9.53 Å². The van der Waals surface area contributed by atoms with Gasteiger partial charge < -0.3 is 14.9 Å². The van der Waals surface area contributed by atoms with Crippen LogP contribution in [0.25, 0.3) is 0 Å². The molecule has 1 aromatic rings. The second kappa shape index (κ2) is 3.91. The van der Waals surface area contributed by atoms with Gasteiger partial charge in [0.2, 0.25) is 0 Å². The number of ether oxygens (including phenoxy) is 1. The SMILES string of the molecule is COC(=O)C(O)c1cccc(O)c1. The van der Waals surface area contributed by atoms with Crippen LogP contribution < -0.4 is 0 Å². The van der Waals surface area contributed by atoms with Crippen molar-refractivity contribution in [3.05, 3.63) is 29.8 Å². The highest BCUT2D eigenvalue weighted by atomic mass is 16.5. The Kier molecular flexibility index (Phi) is 2.87. The Morgan fingerprint density at radius 2 is 2.23 bits per heavy atom. The molecule has 0 aromatic heterocycles. The van der Waals surface area contributed by atoms with Gasteiger partial charge in [-0.2, -0.15) is 0 Å². The second-order valence-electron chi connectivity index (χ2n) is 2.52. The van der Waals surface area contributed by atoms with Gasteiger partial charge in [0.15, 0.2) is 6.10 Å². The number of aliphatic hydroxyl groups excluding tert-OH is 1. The van der Waals surface area contributed by atoms with Gasteiger partial charge in [-0.05, 0) is 17.7 Å². The van der Waals surface area contributed by atoms with Crippen LogP contribution in [0.1, 0.15) is 11.7 Å². The lowest BCUT2D eigenvalue weighted by Crippen LogP contribution is -2.13. The largest absolute Gasteiger partial charge is 0.508 e. The highest BCUT2D eigenvalue weighted by molar-refractivity contribution is 5.76. The number of hydrogen-bond donors (Lipinski definition) is 2. The number of carbonyl (C=O) groups excluding carboxylic acids is 1. The smallest absolute Gasteiger partial charge is 0.339 e. The van der Waals surface area contributed by atoms with Gasteiger partial charge >= 0.3 is 5.97 Å². The fourth-order valence-corrected chi connectivity index (χ4v) is 0.943. The summed E-state index contributed by atoms with van der Waals surface area (Å²) in [7, 11) is 1.19. The summed E-state index contributed by atoms with van der Waals surface area (Å²) in [6.45, 7) is 0. The topological polar surface area (TPSA) is 66.8 Å². The lowest BCUT2D eigenvalue weighted by Gasteiger charge is -2.07. The minimum absolute atomic E-state index is 0.000420. The van der Waals surface area contributed by atoms with E-state index in [1.165, 1.54) is 31.4 Å². The number of aromatic hydroxyl groups is 1. The molecule has 13 heavy (non-hydrogen) atoms. The average Bonchev–Trinajstić information content (AvgIpc) is 2.15. The molecule has 1 unspecified atom stereocenters. The van der Waals surface area contributed by atoms with E-state index >= 15 is 0 Å². The fraction of sp³-hybridized carbons (Fsp3) is 0.222. The molecule has 0 saturated heterocycles. The summed E-state index contributed by atoms with van der Waals surface area (Å²) in [6, 6.07) is 5.83. The number of aliphatic hydroxyl groups is 1. The van der Waals surface area contributed by atoms with Crippen molar-refractivity contribution in [1.29, 1.82) is 0 Å². The first-order valence-electron chi connectivity index (χ1n) is 3.70. The molecular formula is C9H10O4. The third-order valence-electron chi connectivity index (χ3n) is 1.61. The maximum Gasteiger partial charge on any atom is 0.339 e. The zero-order valence-corrected chi connectivity index (χ0v) is 7.10. The lowest BCUT2D eigenvalue weighted by atomic mass is 10.1. The molecule has 0 aliphatic heterocycles. The molecule has 0 bridgehead atoms. The van der Waals surface area contributed by atoms with Gasteiger partial charge in [-0.1, -0.05) is 12.1 Å². The van der Waals surface area contributed by atoms with Crippen LogP contribution in [0.2, 0.25) is 0 Å². The first-order chi connectivity index (χ1) is 6.15. The highest BCUT2D eigenvalue weighted by Gasteiger charge is 2.17. The fourth-order valence-electron chi connectivity index (χ4n) is 0.943. The third-order valence-corrected chi connectivity index (χ3v) is 1.61. The number of benzene rings is 1. The summed E-state index contributed by atoms with van der Waals surface area (Å²) in [5, 5.41) is 18.4. The first kappa shape index (κ1) is 9.54. The van der Waals surface area contributed by atoms with E-state index in [1.54, 1.807) is 0 Å².